The van der Waals surface area contributed by atoms with E-state index < -0.39 is 0 Å². The molecule has 0 amide bonds. The minimum atomic E-state index is -0.192. The predicted octanol–water partition coefficient (Wildman–Crippen LogP) is 5.85. The standard InChI is InChI=1S/C24H17ClN4O2S/c25-21-9-5-4-6-16(21)15-32-24-27-22-20(14-26-28-22)23(30)29(24)17-10-12-19(13-11-17)31-18-7-2-1-3-8-18/h1-14H,15H2,(H,26,28). The summed E-state index contributed by atoms with van der Waals surface area (Å²) >= 11 is 7.74. The SMILES string of the molecule is O=c1c2cn[nH]c2nc(SCc2ccccc2Cl)n1-c1ccc(Oc2ccccc2)cc1. The van der Waals surface area contributed by atoms with Crippen LogP contribution in [0.25, 0.3) is 16.7 Å². The van der Waals surface area contributed by atoms with Crippen LogP contribution in [0.3, 0.4) is 0 Å². The fraction of sp³-hybridized carbons (Fsp3) is 0.0417. The van der Waals surface area contributed by atoms with Crippen LogP contribution in [0.15, 0.2) is 95.0 Å². The Labute approximate surface area is 192 Å². The van der Waals surface area contributed by atoms with E-state index in [1.54, 1.807) is 4.57 Å². The Hall–Kier alpha value is -3.55. The Morgan fingerprint density at radius 3 is 2.44 bits per heavy atom. The maximum Gasteiger partial charge on any atom is 0.269 e. The van der Waals surface area contributed by atoms with Gasteiger partial charge in [0.1, 0.15) is 16.9 Å². The summed E-state index contributed by atoms with van der Waals surface area (Å²) in [6, 6.07) is 24.5. The normalized spacial score (nSPS) is 11.0. The summed E-state index contributed by atoms with van der Waals surface area (Å²) in [6.45, 7) is 0. The van der Waals surface area contributed by atoms with E-state index >= 15 is 0 Å². The molecule has 0 saturated carbocycles. The summed E-state index contributed by atoms with van der Waals surface area (Å²) in [6.07, 6.45) is 1.50. The maximum absolute atomic E-state index is 13.3. The van der Waals surface area contributed by atoms with Gasteiger partial charge in [0.25, 0.3) is 5.56 Å². The van der Waals surface area contributed by atoms with Gasteiger partial charge in [-0.2, -0.15) is 5.10 Å². The number of hydrogen-bond acceptors (Lipinski definition) is 5. The molecule has 0 aliphatic carbocycles. The third-order valence-electron chi connectivity index (χ3n) is 4.84. The fourth-order valence-electron chi connectivity index (χ4n) is 3.24. The van der Waals surface area contributed by atoms with Crippen LogP contribution in [0.2, 0.25) is 5.02 Å². The highest BCUT2D eigenvalue weighted by Crippen LogP contribution is 2.28. The first kappa shape index (κ1) is 20.4. The highest BCUT2D eigenvalue weighted by atomic mass is 35.5. The number of benzene rings is 3. The molecule has 158 valence electrons. The zero-order valence-corrected chi connectivity index (χ0v) is 18.3. The Morgan fingerprint density at radius 1 is 0.938 bits per heavy atom. The molecule has 0 atom stereocenters. The molecule has 0 bridgehead atoms. The molecule has 8 heteroatoms. The lowest BCUT2D eigenvalue weighted by Gasteiger charge is -2.13. The topological polar surface area (TPSA) is 72.8 Å². The molecule has 5 rings (SSSR count). The van der Waals surface area contributed by atoms with E-state index in [9.17, 15) is 4.79 Å². The van der Waals surface area contributed by atoms with Crippen LogP contribution >= 0.6 is 23.4 Å². The minimum absolute atomic E-state index is 0.192. The quantitative estimate of drug-likeness (QED) is 0.254. The third-order valence-corrected chi connectivity index (χ3v) is 6.20. The lowest BCUT2D eigenvalue weighted by atomic mass is 10.2. The van der Waals surface area contributed by atoms with Gasteiger partial charge in [-0.15, -0.1) is 0 Å². The van der Waals surface area contributed by atoms with Crippen LogP contribution < -0.4 is 10.3 Å². The van der Waals surface area contributed by atoms with Crippen molar-refractivity contribution in [3.63, 3.8) is 0 Å². The van der Waals surface area contributed by atoms with E-state index in [0.717, 1.165) is 11.3 Å². The molecule has 0 spiro atoms. The van der Waals surface area contributed by atoms with E-state index in [0.29, 0.717) is 38.4 Å². The van der Waals surface area contributed by atoms with Gasteiger partial charge in [0.2, 0.25) is 0 Å². The third kappa shape index (κ3) is 4.12. The van der Waals surface area contributed by atoms with Crippen LogP contribution in [0.5, 0.6) is 11.5 Å². The number of fused-ring (bicyclic) bond motifs is 1. The second kappa shape index (κ2) is 8.90. The largest absolute Gasteiger partial charge is 0.457 e. The van der Waals surface area contributed by atoms with Gasteiger partial charge in [-0.1, -0.05) is 59.8 Å². The molecule has 0 unspecified atom stereocenters. The average Bonchev–Trinajstić information content (AvgIpc) is 3.29. The number of aromatic amines is 1. The molecular formula is C24H17ClN4O2S. The molecule has 0 saturated heterocycles. The molecular weight excluding hydrogens is 444 g/mol. The first-order valence-corrected chi connectivity index (χ1v) is 11.2. The second-order valence-electron chi connectivity index (χ2n) is 6.96. The first-order valence-electron chi connectivity index (χ1n) is 9.85. The van der Waals surface area contributed by atoms with Gasteiger partial charge in [-0.25, -0.2) is 4.98 Å². The molecule has 2 aromatic heterocycles. The molecule has 6 nitrogen and oxygen atoms in total. The van der Waals surface area contributed by atoms with E-state index in [2.05, 4.69) is 15.2 Å². The second-order valence-corrected chi connectivity index (χ2v) is 8.31. The Kier molecular flexibility index (Phi) is 5.66. The zero-order valence-electron chi connectivity index (χ0n) is 16.7. The van der Waals surface area contributed by atoms with Crippen molar-refractivity contribution < 1.29 is 4.74 Å². The van der Waals surface area contributed by atoms with Gasteiger partial charge < -0.3 is 4.74 Å². The van der Waals surface area contributed by atoms with Crippen molar-refractivity contribution in [2.24, 2.45) is 0 Å². The number of nitrogens with one attached hydrogen (secondary N) is 1. The molecule has 5 aromatic rings. The summed E-state index contributed by atoms with van der Waals surface area (Å²) < 4.78 is 7.46. The number of para-hydroxylation sites is 1. The first-order chi connectivity index (χ1) is 15.7. The number of halogens is 1. The average molecular weight is 461 g/mol. The molecule has 2 heterocycles. The van der Waals surface area contributed by atoms with Gasteiger partial charge in [-0.05, 0) is 48.0 Å². The smallest absolute Gasteiger partial charge is 0.269 e. The van der Waals surface area contributed by atoms with Crippen molar-refractivity contribution in [2.45, 2.75) is 10.9 Å². The summed E-state index contributed by atoms with van der Waals surface area (Å²) in [7, 11) is 0. The van der Waals surface area contributed by atoms with Crippen LogP contribution in [0, 0.1) is 0 Å². The highest BCUT2D eigenvalue weighted by molar-refractivity contribution is 7.98. The lowest BCUT2D eigenvalue weighted by molar-refractivity contribution is 0.482. The maximum atomic E-state index is 13.3. The number of rotatable bonds is 6. The molecule has 0 aliphatic heterocycles. The lowest BCUT2D eigenvalue weighted by Crippen LogP contribution is -2.21. The predicted molar refractivity (Wildman–Crippen MR) is 127 cm³/mol. The Balaban J connectivity index is 1.50. The molecule has 0 radical (unpaired) electrons. The summed E-state index contributed by atoms with van der Waals surface area (Å²) in [5, 5.41) is 8.42. The van der Waals surface area contributed by atoms with Crippen LogP contribution in [0.1, 0.15) is 5.56 Å². The molecule has 0 aliphatic rings. The van der Waals surface area contributed by atoms with Gasteiger partial charge in [-0.3, -0.25) is 14.5 Å². The molecule has 0 fully saturated rings. The minimum Gasteiger partial charge on any atom is -0.457 e. The van der Waals surface area contributed by atoms with Crippen molar-refractivity contribution in [3.05, 3.63) is 106 Å². The van der Waals surface area contributed by atoms with Crippen LogP contribution in [-0.2, 0) is 5.75 Å². The highest BCUT2D eigenvalue weighted by Gasteiger charge is 2.15. The van der Waals surface area contributed by atoms with Gasteiger partial charge >= 0.3 is 0 Å². The number of hydrogen-bond donors (Lipinski definition) is 1. The van der Waals surface area contributed by atoms with Crippen molar-refractivity contribution in [1.29, 1.82) is 0 Å². The number of ether oxygens (including phenoxy) is 1. The number of nitrogens with zero attached hydrogens (tertiary/aromatic N) is 3. The van der Waals surface area contributed by atoms with E-state index in [1.807, 2.05) is 78.9 Å². The van der Waals surface area contributed by atoms with E-state index in [-0.39, 0.29) is 5.56 Å². The zero-order chi connectivity index (χ0) is 21.9. The number of thioether (sulfide) groups is 1. The summed E-state index contributed by atoms with van der Waals surface area (Å²) in [5.41, 5.74) is 1.92. The van der Waals surface area contributed by atoms with Crippen LogP contribution in [-0.4, -0.2) is 19.7 Å². The number of H-pyrrole nitrogens is 1. The molecule has 1 N–H and O–H groups in total. The monoisotopic (exact) mass is 460 g/mol. The molecule has 3 aromatic carbocycles. The van der Waals surface area contributed by atoms with Gasteiger partial charge in [0.15, 0.2) is 10.8 Å². The number of aromatic nitrogens is 4. The van der Waals surface area contributed by atoms with Crippen molar-refractivity contribution in [2.75, 3.05) is 0 Å². The summed E-state index contributed by atoms with van der Waals surface area (Å²) in [5.74, 6) is 1.99. The Bertz CT molecular complexity index is 1430. The van der Waals surface area contributed by atoms with Crippen molar-refractivity contribution >= 4 is 34.4 Å². The van der Waals surface area contributed by atoms with Crippen molar-refractivity contribution in [1.82, 2.24) is 19.7 Å². The fourth-order valence-corrected chi connectivity index (χ4v) is 4.54. The Morgan fingerprint density at radius 2 is 1.66 bits per heavy atom. The summed E-state index contributed by atoms with van der Waals surface area (Å²) in [4.78, 5) is 17.9. The van der Waals surface area contributed by atoms with E-state index in [1.165, 1.54) is 18.0 Å². The van der Waals surface area contributed by atoms with Crippen LogP contribution in [0.4, 0.5) is 0 Å². The molecule has 32 heavy (non-hydrogen) atoms. The van der Waals surface area contributed by atoms with E-state index in [4.69, 9.17) is 16.3 Å². The van der Waals surface area contributed by atoms with Gasteiger partial charge in [0, 0.05) is 10.8 Å². The van der Waals surface area contributed by atoms with Crippen molar-refractivity contribution in [3.8, 4) is 17.2 Å². The van der Waals surface area contributed by atoms with Gasteiger partial charge in [0.05, 0.1) is 11.9 Å².